The number of methoxy groups -OCH3 is 2. The highest BCUT2D eigenvalue weighted by Gasteiger charge is 2.24. The van der Waals surface area contributed by atoms with E-state index in [9.17, 15) is 4.79 Å². The second kappa shape index (κ2) is 11.2. The standard InChI is InChI=1S/C26H33N5O3/c1-19(27-25(32)13-12-20-8-5-4-6-9-20)26-29-28-24-14-15-30(16-17-31(24)26)18-21-22(33-2)10-7-11-23(21)34-3/h4-11,19H,12-18H2,1-3H3,(H,27,32). The van der Waals surface area contributed by atoms with E-state index in [1.807, 2.05) is 55.5 Å². The van der Waals surface area contributed by atoms with Crippen molar-refractivity contribution in [2.45, 2.75) is 45.3 Å². The van der Waals surface area contributed by atoms with Crippen molar-refractivity contribution < 1.29 is 14.3 Å². The summed E-state index contributed by atoms with van der Waals surface area (Å²) in [5, 5.41) is 11.9. The summed E-state index contributed by atoms with van der Waals surface area (Å²) >= 11 is 0. The smallest absolute Gasteiger partial charge is 0.220 e. The van der Waals surface area contributed by atoms with Crippen LogP contribution in [0.5, 0.6) is 11.5 Å². The first-order valence-electron chi connectivity index (χ1n) is 11.8. The van der Waals surface area contributed by atoms with E-state index in [-0.39, 0.29) is 11.9 Å². The fraction of sp³-hybridized carbons (Fsp3) is 0.423. The SMILES string of the molecule is COc1cccc(OC)c1CN1CCc2nnc(C(C)NC(=O)CCc3ccccc3)n2CC1. The molecule has 3 aromatic rings. The van der Waals surface area contributed by atoms with Gasteiger partial charge in [0.2, 0.25) is 5.91 Å². The number of aryl methyl sites for hydroxylation is 1. The van der Waals surface area contributed by atoms with E-state index in [0.717, 1.165) is 73.3 Å². The lowest BCUT2D eigenvalue weighted by Gasteiger charge is -2.22. The fourth-order valence-corrected chi connectivity index (χ4v) is 4.46. The van der Waals surface area contributed by atoms with Crippen LogP contribution in [0.4, 0.5) is 0 Å². The van der Waals surface area contributed by atoms with Crippen LogP contribution in [-0.4, -0.2) is 52.9 Å². The summed E-state index contributed by atoms with van der Waals surface area (Å²) in [5.41, 5.74) is 2.21. The Morgan fingerprint density at radius 3 is 2.44 bits per heavy atom. The Hall–Kier alpha value is -3.39. The molecule has 1 unspecified atom stereocenters. The number of amides is 1. The molecule has 4 rings (SSSR count). The van der Waals surface area contributed by atoms with Gasteiger partial charge in [0, 0.05) is 39.0 Å². The number of aromatic nitrogens is 3. The number of carbonyl (C=O) groups is 1. The molecule has 1 atom stereocenters. The zero-order chi connectivity index (χ0) is 23.9. The molecule has 2 aromatic carbocycles. The summed E-state index contributed by atoms with van der Waals surface area (Å²) in [6, 6.07) is 15.7. The quantitative estimate of drug-likeness (QED) is 0.525. The molecule has 1 amide bonds. The Kier molecular flexibility index (Phi) is 7.80. The van der Waals surface area contributed by atoms with Crippen LogP contribution >= 0.6 is 0 Å². The van der Waals surface area contributed by atoms with Crippen LogP contribution in [0.2, 0.25) is 0 Å². The molecule has 34 heavy (non-hydrogen) atoms. The van der Waals surface area contributed by atoms with Crippen molar-refractivity contribution in [3.63, 3.8) is 0 Å². The molecule has 8 heteroatoms. The van der Waals surface area contributed by atoms with Crippen molar-refractivity contribution in [3.05, 3.63) is 71.3 Å². The van der Waals surface area contributed by atoms with Crippen LogP contribution < -0.4 is 14.8 Å². The Morgan fingerprint density at radius 1 is 1.00 bits per heavy atom. The Bertz CT molecular complexity index is 1080. The van der Waals surface area contributed by atoms with Crippen molar-refractivity contribution >= 4 is 5.91 Å². The molecule has 0 radical (unpaired) electrons. The van der Waals surface area contributed by atoms with Crippen LogP contribution in [0.1, 0.15) is 42.2 Å². The lowest BCUT2D eigenvalue weighted by Crippen LogP contribution is -2.30. The predicted octanol–water partition coefficient (Wildman–Crippen LogP) is 3.16. The monoisotopic (exact) mass is 463 g/mol. The highest BCUT2D eigenvalue weighted by molar-refractivity contribution is 5.76. The number of hydrogen-bond acceptors (Lipinski definition) is 6. The molecule has 0 saturated carbocycles. The molecule has 180 valence electrons. The van der Waals surface area contributed by atoms with Gasteiger partial charge in [-0.15, -0.1) is 10.2 Å². The average molecular weight is 464 g/mol. The molecule has 1 aromatic heterocycles. The van der Waals surface area contributed by atoms with Gasteiger partial charge < -0.3 is 19.4 Å². The van der Waals surface area contributed by atoms with E-state index < -0.39 is 0 Å². The predicted molar refractivity (Wildman–Crippen MR) is 130 cm³/mol. The molecule has 8 nitrogen and oxygen atoms in total. The lowest BCUT2D eigenvalue weighted by molar-refractivity contribution is -0.121. The maximum atomic E-state index is 12.5. The van der Waals surface area contributed by atoms with Gasteiger partial charge in [-0.25, -0.2) is 0 Å². The third-order valence-corrected chi connectivity index (χ3v) is 6.31. The number of hydrogen-bond donors (Lipinski definition) is 1. The van der Waals surface area contributed by atoms with Gasteiger partial charge in [-0.2, -0.15) is 0 Å². The average Bonchev–Trinajstić information content (AvgIpc) is 3.17. The van der Waals surface area contributed by atoms with E-state index >= 15 is 0 Å². The largest absolute Gasteiger partial charge is 0.496 e. The maximum Gasteiger partial charge on any atom is 0.220 e. The molecule has 1 aliphatic heterocycles. The van der Waals surface area contributed by atoms with Gasteiger partial charge in [-0.3, -0.25) is 9.69 Å². The molecule has 0 saturated heterocycles. The van der Waals surface area contributed by atoms with Gasteiger partial charge in [-0.05, 0) is 31.0 Å². The van der Waals surface area contributed by atoms with Gasteiger partial charge >= 0.3 is 0 Å². The number of carbonyl (C=O) groups excluding carboxylic acids is 1. The first-order valence-corrected chi connectivity index (χ1v) is 11.8. The summed E-state index contributed by atoms with van der Waals surface area (Å²) in [7, 11) is 3.37. The first kappa shape index (κ1) is 23.8. The van der Waals surface area contributed by atoms with Crippen molar-refractivity contribution in [3.8, 4) is 11.5 Å². The fourth-order valence-electron chi connectivity index (χ4n) is 4.46. The van der Waals surface area contributed by atoms with E-state index in [1.54, 1.807) is 14.2 Å². The molecule has 1 aliphatic rings. The third-order valence-electron chi connectivity index (χ3n) is 6.31. The maximum absolute atomic E-state index is 12.5. The van der Waals surface area contributed by atoms with E-state index in [0.29, 0.717) is 6.42 Å². The van der Waals surface area contributed by atoms with Crippen molar-refractivity contribution in [1.82, 2.24) is 25.0 Å². The normalized spacial score (nSPS) is 14.7. The van der Waals surface area contributed by atoms with Crippen LogP contribution in [0.25, 0.3) is 0 Å². The summed E-state index contributed by atoms with van der Waals surface area (Å²) in [4.78, 5) is 14.9. The van der Waals surface area contributed by atoms with Gasteiger partial charge in [0.25, 0.3) is 0 Å². The zero-order valence-corrected chi connectivity index (χ0v) is 20.2. The number of nitrogens with zero attached hydrogens (tertiary/aromatic N) is 4. The Balaban J connectivity index is 1.37. The van der Waals surface area contributed by atoms with Gasteiger partial charge in [0.15, 0.2) is 5.82 Å². The minimum Gasteiger partial charge on any atom is -0.496 e. The summed E-state index contributed by atoms with van der Waals surface area (Å²) < 4.78 is 13.3. The number of fused-ring (bicyclic) bond motifs is 1. The molecule has 0 fully saturated rings. The number of ether oxygens (including phenoxy) is 2. The van der Waals surface area contributed by atoms with Crippen LogP contribution in [-0.2, 0) is 30.7 Å². The van der Waals surface area contributed by atoms with Crippen LogP contribution in [0, 0.1) is 0 Å². The second-order valence-electron chi connectivity index (χ2n) is 8.57. The van der Waals surface area contributed by atoms with E-state index in [2.05, 4.69) is 25.0 Å². The molecule has 2 heterocycles. The van der Waals surface area contributed by atoms with Crippen molar-refractivity contribution in [2.75, 3.05) is 27.3 Å². The molecule has 0 spiro atoms. The zero-order valence-electron chi connectivity index (χ0n) is 20.2. The minimum absolute atomic E-state index is 0.0206. The number of benzene rings is 2. The molecule has 0 bridgehead atoms. The van der Waals surface area contributed by atoms with E-state index in [1.165, 1.54) is 0 Å². The van der Waals surface area contributed by atoms with Crippen LogP contribution in [0.3, 0.4) is 0 Å². The second-order valence-corrected chi connectivity index (χ2v) is 8.57. The lowest BCUT2D eigenvalue weighted by atomic mass is 10.1. The summed E-state index contributed by atoms with van der Waals surface area (Å²) in [6.45, 7) is 5.16. The molecular formula is C26H33N5O3. The van der Waals surface area contributed by atoms with Gasteiger partial charge in [-0.1, -0.05) is 36.4 Å². The highest BCUT2D eigenvalue weighted by Crippen LogP contribution is 2.30. The topological polar surface area (TPSA) is 81.5 Å². The van der Waals surface area contributed by atoms with Crippen molar-refractivity contribution in [1.29, 1.82) is 0 Å². The minimum atomic E-state index is -0.203. The first-order chi connectivity index (χ1) is 16.6. The molecule has 1 N–H and O–H groups in total. The molecule has 0 aliphatic carbocycles. The summed E-state index contributed by atoms with van der Waals surface area (Å²) in [6.07, 6.45) is 1.96. The molecular weight excluding hydrogens is 430 g/mol. The Labute approximate surface area is 200 Å². The number of rotatable bonds is 9. The Morgan fingerprint density at radius 2 is 1.74 bits per heavy atom. The van der Waals surface area contributed by atoms with Gasteiger partial charge in [0.1, 0.15) is 17.3 Å². The van der Waals surface area contributed by atoms with Gasteiger partial charge in [0.05, 0.1) is 25.8 Å². The summed E-state index contributed by atoms with van der Waals surface area (Å²) in [5.74, 6) is 3.44. The van der Waals surface area contributed by atoms with Crippen molar-refractivity contribution in [2.24, 2.45) is 0 Å². The highest BCUT2D eigenvalue weighted by atomic mass is 16.5. The van der Waals surface area contributed by atoms with E-state index in [4.69, 9.17) is 9.47 Å². The van der Waals surface area contributed by atoms with Crippen LogP contribution in [0.15, 0.2) is 48.5 Å². The number of nitrogens with one attached hydrogen (secondary N) is 1. The third kappa shape index (κ3) is 5.56.